The normalized spacial score (nSPS) is 23.1. The summed E-state index contributed by atoms with van der Waals surface area (Å²) >= 11 is 1.28. The van der Waals surface area contributed by atoms with Crippen LogP contribution in [0.15, 0.2) is 17.9 Å². The van der Waals surface area contributed by atoms with Crippen LogP contribution in [0.25, 0.3) is 0 Å². The van der Waals surface area contributed by atoms with E-state index in [1.165, 1.54) is 11.3 Å². The number of nitrogens with zero attached hydrogens (tertiary/aromatic N) is 4. The van der Waals surface area contributed by atoms with Gasteiger partial charge in [0.05, 0.1) is 6.54 Å². The number of hydrogen-bond acceptors (Lipinski definition) is 6. The Balaban J connectivity index is 1.53. The van der Waals surface area contributed by atoms with Crippen molar-refractivity contribution in [3.8, 4) is 0 Å². The second-order valence-corrected chi connectivity index (χ2v) is 7.15. The zero-order valence-electron chi connectivity index (χ0n) is 13.2. The van der Waals surface area contributed by atoms with E-state index >= 15 is 4.39 Å². The zero-order valence-corrected chi connectivity index (χ0v) is 14.0. The number of amides is 1. The SMILES string of the molecule is O=C(Nc1nccs1)C1(F)CCN(c2ncnc3c2CCCC3)C1. The number of aryl methyl sites for hydroxylation is 1. The number of carbonyl (C=O) groups is 1. The molecule has 1 aliphatic heterocycles. The first-order valence-electron chi connectivity index (χ1n) is 8.13. The zero-order chi connectivity index (χ0) is 16.6. The van der Waals surface area contributed by atoms with Gasteiger partial charge in [-0.15, -0.1) is 11.3 Å². The van der Waals surface area contributed by atoms with E-state index in [4.69, 9.17) is 0 Å². The number of aromatic nitrogens is 3. The Hall–Kier alpha value is -2.09. The molecule has 1 aliphatic carbocycles. The fourth-order valence-electron chi connectivity index (χ4n) is 3.41. The minimum absolute atomic E-state index is 0.0215. The quantitative estimate of drug-likeness (QED) is 0.923. The Labute approximate surface area is 143 Å². The smallest absolute Gasteiger partial charge is 0.265 e. The number of hydrogen-bond donors (Lipinski definition) is 1. The average Bonchev–Trinajstić information content (AvgIpc) is 3.25. The Morgan fingerprint density at radius 2 is 2.17 bits per heavy atom. The molecule has 1 saturated heterocycles. The van der Waals surface area contributed by atoms with Crippen molar-refractivity contribution >= 4 is 28.2 Å². The Morgan fingerprint density at radius 3 is 3.00 bits per heavy atom. The largest absolute Gasteiger partial charge is 0.352 e. The van der Waals surface area contributed by atoms with Crippen LogP contribution in [-0.4, -0.2) is 39.6 Å². The van der Waals surface area contributed by atoms with E-state index < -0.39 is 11.6 Å². The first-order valence-corrected chi connectivity index (χ1v) is 9.01. The summed E-state index contributed by atoms with van der Waals surface area (Å²) in [7, 11) is 0. The van der Waals surface area contributed by atoms with E-state index in [0.717, 1.165) is 42.8 Å². The summed E-state index contributed by atoms with van der Waals surface area (Å²) in [5.41, 5.74) is 0.265. The highest BCUT2D eigenvalue weighted by molar-refractivity contribution is 7.13. The number of carbonyl (C=O) groups excluding carboxylic acids is 1. The lowest BCUT2D eigenvalue weighted by molar-refractivity contribution is -0.126. The molecule has 1 atom stereocenters. The summed E-state index contributed by atoms with van der Waals surface area (Å²) in [6, 6.07) is 0. The molecule has 1 fully saturated rings. The number of nitrogens with one attached hydrogen (secondary N) is 1. The monoisotopic (exact) mass is 347 g/mol. The summed E-state index contributed by atoms with van der Waals surface area (Å²) in [6.07, 6.45) is 7.39. The highest BCUT2D eigenvalue weighted by Crippen LogP contribution is 2.34. The lowest BCUT2D eigenvalue weighted by atomic mass is 9.96. The van der Waals surface area contributed by atoms with Crippen molar-refractivity contribution in [2.45, 2.75) is 37.8 Å². The molecule has 6 nitrogen and oxygen atoms in total. The lowest BCUT2D eigenvalue weighted by Gasteiger charge is -2.25. The van der Waals surface area contributed by atoms with Crippen LogP contribution in [0.2, 0.25) is 0 Å². The number of fused-ring (bicyclic) bond motifs is 1. The first-order chi connectivity index (χ1) is 11.7. The van der Waals surface area contributed by atoms with E-state index in [2.05, 4.69) is 20.3 Å². The number of anilines is 2. The Kier molecular flexibility index (Phi) is 3.91. The number of thiazole rings is 1. The second kappa shape index (κ2) is 6.08. The molecule has 0 radical (unpaired) electrons. The van der Waals surface area contributed by atoms with E-state index in [9.17, 15) is 4.79 Å². The van der Waals surface area contributed by atoms with Gasteiger partial charge in [-0.3, -0.25) is 10.1 Å². The van der Waals surface area contributed by atoms with Gasteiger partial charge in [-0.2, -0.15) is 0 Å². The third kappa shape index (κ3) is 2.75. The average molecular weight is 347 g/mol. The fourth-order valence-corrected chi connectivity index (χ4v) is 3.93. The van der Waals surface area contributed by atoms with Crippen LogP contribution in [0.5, 0.6) is 0 Å². The molecule has 1 amide bonds. The second-order valence-electron chi connectivity index (χ2n) is 6.26. The van der Waals surface area contributed by atoms with Crippen molar-refractivity contribution in [1.29, 1.82) is 0 Å². The third-order valence-electron chi connectivity index (χ3n) is 4.68. The van der Waals surface area contributed by atoms with Gasteiger partial charge >= 0.3 is 0 Å². The molecule has 24 heavy (non-hydrogen) atoms. The van der Waals surface area contributed by atoms with Crippen LogP contribution in [0, 0.1) is 0 Å². The molecule has 0 spiro atoms. The van der Waals surface area contributed by atoms with Gasteiger partial charge in [0.15, 0.2) is 5.13 Å². The number of halogens is 1. The molecule has 3 heterocycles. The van der Waals surface area contributed by atoms with E-state index in [1.54, 1.807) is 17.9 Å². The van der Waals surface area contributed by atoms with Gasteiger partial charge in [0.25, 0.3) is 5.91 Å². The minimum Gasteiger partial charge on any atom is -0.352 e. The minimum atomic E-state index is -1.92. The highest BCUT2D eigenvalue weighted by Gasteiger charge is 2.46. The molecule has 8 heteroatoms. The fraction of sp³-hybridized carbons (Fsp3) is 0.500. The maximum absolute atomic E-state index is 15.1. The maximum atomic E-state index is 15.1. The summed E-state index contributed by atoms with van der Waals surface area (Å²) in [5, 5.41) is 4.74. The molecular formula is C16H18FN5OS. The summed E-state index contributed by atoms with van der Waals surface area (Å²) in [5.74, 6) is 0.171. The van der Waals surface area contributed by atoms with Crippen LogP contribution in [0.3, 0.4) is 0 Å². The first kappa shape index (κ1) is 15.4. The highest BCUT2D eigenvalue weighted by atomic mass is 32.1. The van der Waals surface area contributed by atoms with Gasteiger partial charge in [-0.1, -0.05) is 0 Å². The van der Waals surface area contributed by atoms with Crippen molar-refractivity contribution in [3.63, 3.8) is 0 Å². The van der Waals surface area contributed by atoms with E-state index in [-0.39, 0.29) is 13.0 Å². The van der Waals surface area contributed by atoms with Gasteiger partial charge in [0, 0.05) is 35.8 Å². The predicted octanol–water partition coefficient (Wildman–Crippen LogP) is 2.37. The molecule has 2 aromatic rings. The summed E-state index contributed by atoms with van der Waals surface area (Å²) in [6.45, 7) is 0.499. The van der Waals surface area contributed by atoms with Crippen molar-refractivity contribution in [2.24, 2.45) is 0 Å². The third-order valence-corrected chi connectivity index (χ3v) is 5.37. The van der Waals surface area contributed by atoms with Gasteiger partial charge in [-0.05, 0) is 25.7 Å². The van der Waals surface area contributed by atoms with Crippen molar-refractivity contribution in [3.05, 3.63) is 29.2 Å². The molecule has 2 aromatic heterocycles. The van der Waals surface area contributed by atoms with E-state index in [1.807, 2.05) is 4.90 Å². The Bertz CT molecular complexity index is 753. The van der Waals surface area contributed by atoms with Crippen LogP contribution in [-0.2, 0) is 17.6 Å². The van der Waals surface area contributed by atoms with E-state index in [0.29, 0.717) is 11.7 Å². The van der Waals surface area contributed by atoms with Gasteiger partial charge < -0.3 is 4.90 Å². The molecule has 2 aliphatic rings. The predicted molar refractivity (Wildman–Crippen MR) is 90.1 cm³/mol. The number of rotatable bonds is 3. The molecule has 0 bridgehead atoms. The Morgan fingerprint density at radius 1 is 1.29 bits per heavy atom. The molecule has 126 valence electrons. The number of alkyl halides is 1. The maximum Gasteiger partial charge on any atom is 0.265 e. The summed E-state index contributed by atoms with van der Waals surface area (Å²) in [4.78, 5) is 26.9. The standard InChI is InChI=1S/C16H18FN5OS/c17-16(14(23)21-15-18-6-8-24-15)5-7-22(9-16)13-11-3-1-2-4-12(11)19-10-20-13/h6,8,10H,1-5,7,9H2,(H,18,21,23). The van der Waals surface area contributed by atoms with Crippen LogP contribution >= 0.6 is 11.3 Å². The molecular weight excluding hydrogens is 329 g/mol. The molecule has 4 rings (SSSR count). The van der Waals surface area contributed by atoms with Crippen molar-refractivity contribution in [1.82, 2.24) is 15.0 Å². The van der Waals surface area contributed by atoms with Crippen LogP contribution < -0.4 is 10.2 Å². The topological polar surface area (TPSA) is 71.0 Å². The summed E-state index contributed by atoms with van der Waals surface area (Å²) < 4.78 is 15.1. The molecule has 0 aromatic carbocycles. The molecule has 1 N–H and O–H groups in total. The van der Waals surface area contributed by atoms with Crippen LogP contribution in [0.4, 0.5) is 15.3 Å². The van der Waals surface area contributed by atoms with Gasteiger partial charge in [-0.25, -0.2) is 19.3 Å². The van der Waals surface area contributed by atoms with Gasteiger partial charge in [0.2, 0.25) is 5.67 Å². The molecule has 1 unspecified atom stereocenters. The van der Waals surface area contributed by atoms with Gasteiger partial charge in [0.1, 0.15) is 12.1 Å². The van der Waals surface area contributed by atoms with Crippen LogP contribution in [0.1, 0.15) is 30.5 Å². The van der Waals surface area contributed by atoms with Crippen molar-refractivity contribution in [2.75, 3.05) is 23.3 Å². The molecule has 0 saturated carbocycles. The lowest BCUT2D eigenvalue weighted by Crippen LogP contribution is -2.41. The van der Waals surface area contributed by atoms with Crippen molar-refractivity contribution < 1.29 is 9.18 Å².